The van der Waals surface area contributed by atoms with Crippen LogP contribution in [0, 0.1) is 5.92 Å². The van der Waals surface area contributed by atoms with E-state index in [1.807, 2.05) is 0 Å². The molecular formula is C16H28N4. The third-order valence-corrected chi connectivity index (χ3v) is 4.98. The fourth-order valence-corrected chi connectivity index (χ4v) is 3.05. The lowest BCUT2D eigenvalue weighted by molar-refractivity contribution is 0.154. The summed E-state index contributed by atoms with van der Waals surface area (Å²) in [4.78, 5) is 9.72. The van der Waals surface area contributed by atoms with Crippen LogP contribution in [-0.2, 0) is 13.1 Å². The van der Waals surface area contributed by atoms with E-state index >= 15 is 0 Å². The molecule has 1 saturated carbocycles. The number of nitrogens with zero attached hydrogens (tertiary/aromatic N) is 4. The van der Waals surface area contributed by atoms with Gasteiger partial charge in [-0.15, -0.1) is 0 Å². The molecule has 0 aromatic carbocycles. The van der Waals surface area contributed by atoms with Crippen LogP contribution in [0.3, 0.4) is 0 Å². The summed E-state index contributed by atoms with van der Waals surface area (Å²) in [6, 6.07) is 1.05. The Hall–Kier alpha value is -0.870. The molecule has 1 aliphatic carbocycles. The lowest BCUT2D eigenvalue weighted by atomic mass is 10.2. The molecule has 0 bridgehead atoms. The molecule has 0 N–H and O–H groups in total. The summed E-state index contributed by atoms with van der Waals surface area (Å²) < 4.78 is 2.45. The van der Waals surface area contributed by atoms with E-state index in [1.54, 1.807) is 0 Å². The van der Waals surface area contributed by atoms with E-state index in [1.165, 1.54) is 37.4 Å². The number of hydrogen-bond donors (Lipinski definition) is 0. The van der Waals surface area contributed by atoms with Crippen LogP contribution in [0.4, 0.5) is 0 Å². The fourth-order valence-electron chi connectivity index (χ4n) is 3.05. The second-order valence-corrected chi connectivity index (χ2v) is 6.88. The van der Waals surface area contributed by atoms with E-state index in [-0.39, 0.29) is 0 Å². The van der Waals surface area contributed by atoms with Crippen LogP contribution in [0.2, 0.25) is 0 Å². The molecule has 112 valence electrons. The van der Waals surface area contributed by atoms with Crippen LogP contribution < -0.4 is 0 Å². The van der Waals surface area contributed by atoms with E-state index in [4.69, 9.17) is 4.98 Å². The average molecular weight is 276 g/mol. The Kier molecular flexibility index (Phi) is 3.87. The molecule has 0 saturated heterocycles. The Bertz CT molecular complexity index is 461. The minimum absolute atomic E-state index is 0.474. The van der Waals surface area contributed by atoms with Crippen molar-refractivity contribution in [2.24, 2.45) is 5.92 Å². The van der Waals surface area contributed by atoms with Gasteiger partial charge in [0, 0.05) is 38.4 Å². The van der Waals surface area contributed by atoms with Crippen molar-refractivity contribution in [1.82, 2.24) is 19.4 Å². The van der Waals surface area contributed by atoms with Gasteiger partial charge in [-0.25, -0.2) is 4.98 Å². The summed E-state index contributed by atoms with van der Waals surface area (Å²) in [5.74, 6) is 2.23. The normalized spacial score (nSPS) is 23.6. The van der Waals surface area contributed by atoms with Crippen LogP contribution in [0.5, 0.6) is 0 Å². The van der Waals surface area contributed by atoms with Crippen molar-refractivity contribution in [3.63, 3.8) is 0 Å². The zero-order chi connectivity index (χ0) is 14.3. The maximum atomic E-state index is 4.72. The Morgan fingerprint density at radius 3 is 2.75 bits per heavy atom. The third-order valence-electron chi connectivity index (χ3n) is 4.98. The minimum atomic E-state index is 0.474. The van der Waals surface area contributed by atoms with Gasteiger partial charge in [-0.2, -0.15) is 0 Å². The first-order chi connectivity index (χ1) is 9.56. The van der Waals surface area contributed by atoms with Crippen molar-refractivity contribution in [3.05, 3.63) is 17.7 Å². The van der Waals surface area contributed by atoms with Crippen molar-refractivity contribution >= 4 is 0 Å². The summed E-state index contributed by atoms with van der Waals surface area (Å²) in [5.41, 5.74) is 1.37. The monoisotopic (exact) mass is 276 g/mol. The lowest BCUT2D eigenvalue weighted by Gasteiger charge is -2.35. The van der Waals surface area contributed by atoms with Gasteiger partial charge in [0.05, 0.1) is 11.7 Å². The average Bonchev–Trinajstić information content (AvgIpc) is 3.13. The van der Waals surface area contributed by atoms with Gasteiger partial charge < -0.3 is 4.57 Å². The molecule has 20 heavy (non-hydrogen) atoms. The van der Waals surface area contributed by atoms with Gasteiger partial charge in [-0.1, -0.05) is 0 Å². The number of fused-ring (bicyclic) bond motifs is 1. The Balaban J connectivity index is 1.72. The van der Waals surface area contributed by atoms with Gasteiger partial charge >= 0.3 is 0 Å². The van der Waals surface area contributed by atoms with E-state index in [0.717, 1.165) is 19.0 Å². The van der Waals surface area contributed by atoms with Crippen LogP contribution in [0.1, 0.15) is 51.2 Å². The molecule has 1 aromatic heterocycles. The molecule has 0 amide bonds. The zero-order valence-electron chi connectivity index (χ0n) is 13.3. The predicted octanol–water partition coefficient (Wildman–Crippen LogP) is 2.51. The molecule has 0 spiro atoms. The Morgan fingerprint density at radius 1 is 1.35 bits per heavy atom. The highest BCUT2D eigenvalue weighted by Gasteiger charge is 2.31. The van der Waals surface area contributed by atoms with Gasteiger partial charge in [0.25, 0.3) is 0 Å². The highest BCUT2D eigenvalue weighted by Crippen LogP contribution is 2.34. The lowest BCUT2D eigenvalue weighted by Crippen LogP contribution is -2.39. The number of hydrogen-bond acceptors (Lipinski definition) is 3. The quantitative estimate of drug-likeness (QED) is 0.826. The highest BCUT2D eigenvalue weighted by molar-refractivity contribution is 5.11. The van der Waals surface area contributed by atoms with Gasteiger partial charge in [-0.05, 0) is 46.6 Å². The first-order valence-electron chi connectivity index (χ1n) is 8.05. The molecule has 0 radical (unpaired) electrons. The summed E-state index contributed by atoms with van der Waals surface area (Å²) >= 11 is 0. The predicted molar refractivity (Wildman–Crippen MR) is 81.5 cm³/mol. The number of imidazole rings is 1. The maximum absolute atomic E-state index is 4.72. The molecule has 1 fully saturated rings. The second kappa shape index (κ2) is 5.49. The SMILES string of the molecule is CC(C)N(C)Cc1cnc2n1CCN(CC1CC1)C2C. The Labute approximate surface area is 122 Å². The molecular weight excluding hydrogens is 248 g/mol. The fraction of sp³-hybridized carbons (Fsp3) is 0.812. The van der Waals surface area contributed by atoms with Crippen molar-refractivity contribution in [3.8, 4) is 0 Å². The zero-order valence-corrected chi connectivity index (χ0v) is 13.3. The van der Waals surface area contributed by atoms with Crippen molar-refractivity contribution in [2.75, 3.05) is 20.1 Å². The van der Waals surface area contributed by atoms with Gasteiger partial charge in [0.15, 0.2) is 0 Å². The molecule has 1 unspecified atom stereocenters. The molecule has 4 nitrogen and oxygen atoms in total. The summed E-state index contributed by atoms with van der Waals surface area (Å²) in [7, 11) is 2.19. The van der Waals surface area contributed by atoms with Crippen LogP contribution in [0.25, 0.3) is 0 Å². The van der Waals surface area contributed by atoms with E-state index < -0.39 is 0 Å². The van der Waals surface area contributed by atoms with E-state index in [2.05, 4.69) is 48.4 Å². The molecule has 1 aromatic rings. The van der Waals surface area contributed by atoms with Crippen LogP contribution >= 0.6 is 0 Å². The van der Waals surface area contributed by atoms with E-state index in [9.17, 15) is 0 Å². The second-order valence-electron chi connectivity index (χ2n) is 6.88. The van der Waals surface area contributed by atoms with Crippen LogP contribution in [-0.4, -0.2) is 45.5 Å². The first-order valence-corrected chi connectivity index (χ1v) is 8.05. The summed E-state index contributed by atoms with van der Waals surface area (Å²) in [6.45, 7) is 11.4. The van der Waals surface area contributed by atoms with Crippen molar-refractivity contribution < 1.29 is 0 Å². The standard InChI is InChI=1S/C16H28N4/c1-12(2)18(4)11-15-9-17-16-13(3)19(7-8-20(15)16)10-14-5-6-14/h9,12-14H,5-8,10-11H2,1-4H3. The number of aromatic nitrogens is 2. The van der Waals surface area contributed by atoms with E-state index in [0.29, 0.717) is 12.1 Å². The molecule has 3 rings (SSSR count). The summed E-state index contributed by atoms with van der Waals surface area (Å²) in [5, 5.41) is 0. The largest absolute Gasteiger partial charge is 0.328 e. The molecule has 1 aliphatic heterocycles. The van der Waals surface area contributed by atoms with Crippen molar-refractivity contribution in [1.29, 1.82) is 0 Å². The minimum Gasteiger partial charge on any atom is -0.328 e. The highest BCUT2D eigenvalue weighted by atomic mass is 15.3. The van der Waals surface area contributed by atoms with Gasteiger partial charge in [0.2, 0.25) is 0 Å². The molecule has 2 aliphatic rings. The van der Waals surface area contributed by atoms with Gasteiger partial charge in [-0.3, -0.25) is 9.80 Å². The smallest absolute Gasteiger partial charge is 0.126 e. The number of rotatable bonds is 5. The first kappa shape index (κ1) is 14.1. The van der Waals surface area contributed by atoms with Crippen molar-refractivity contribution in [2.45, 2.75) is 58.8 Å². The summed E-state index contributed by atoms with van der Waals surface area (Å²) in [6.07, 6.45) is 4.95. The molecule has 1 atom stereocenters. The molecule has 2 heterocycles. The van der Waals surface area contributed by atoms with Gasteiger partial charge in [0.1, 0.15) is 5.82 Å². The third kappa shape index (κ3) is 2.77. The Morgan fingerprint density at radius 2 is 2.10 bits per heavy atom. The maximum Gasteiger partial charge on any atom is 0.126 e. The van der Waals surface area contributed by atoms with Crippen LogP contribution in [0.15, 0.2) is 6.20 Å². The topological polar surface area (TPSA) is 24.3 Å². The molecule has 4 heteroatoms.